The van der Waals surface area contributed by atoms with Crippen LogP contribution >= 0.6 is 11.3 Å². The van der Waals surface area contributed by atoms with Crippen molar-refractivity contribution in [2.45, 2.75) is 6.42 Å². The van der Waals surface area contributed by atoms with Gasteiger partial charge in [-0.1, -0.05) is 6.07 Å². The van der Waals surface area contributed by atoms with Crippen LogP contribution in [0.2, 0.25) is 0 Å². The smallest absolute Gasteiger partial charge is 0.309 e. The predicted octanol–water partition coefficient (Wildman–Crippen LogP) is 2.30. The molecule has 1 aromatic carbocycles. The summed E-state index contributed by atoms with van der Waals surface area (Å²) in [5, 5.41) is 12.5. The minimum atomic E-state index is -1.24. The summed E-state index contributed by atoms with van der Waals surface area (Å²) < 4.78 is 26.4. The number of aromatic nitrogens is 1. The van der Waals surface area contributed by atoms with Gasteiger partial charge in [0.05, 0.1) is 17.7 Å². The highest BCUT2D eigenvalue weighted by atomic mass is 32.1. The van der Waals surface area contributed by atoms with E-state index >= 15 is 0 Å². The molecule has 0 bridgehead atoms. The van der Waals surface area contributed by atoms with Crippen molar-refractivity contribution in [2.75, 3.05) is 5.32 Å². The van der Waals surface area contributed by atoms with E-state index in [4.69, 9.17) is 5.11 Å². The number of nitrogens with one attached hydrogen (secondary N) is 1. The third kappa shape index (κ3) is 3.15. The van der Waals surface area contributed by atoms with Crippen LogP contribution in [0.3, 0.4) is 0 Å². The Morgan fingerprint density at radius 2 is 2.10 bits per heavy atom. The molecule has 0 saturated heterocycles. The number of carboxylic acid groups (broad SMARTS) is 1. The molecule has 0 spiro atoms. The van der Waals surface area contributed by atoms with Crippen LogP contribution in [-0.4, -0.2) is 22.0 Å². The molecular weight excluding hydrogens is 290 g/mol. The highest BCUT2D eigenvalue weighted by molar-refractivity contribution is 7.14. The second-order valence-corrected chi connectivity index (χ2v) is 4.63. The largest absolute Gasteiger partial charge is 0.481 e. The molecule has 0 unspecified atom stereocenters. The molecule has 8 heteroatoms. The molecule has 2 aromatic rings. The predicted molar refractivity (Wildman–Crippen MR) is 67.8 cm³/mol. The zero-order valence-corrected chi connectivity index (χ0v) is 10.7. The van der Waals surface area contributed by atoms with Crippen LogP contribution in [0.15, 0.2) is 23.6 Å². The lowest BCUT2D eigenvalue weighted by Crippen LogP contribution is -2.14. The first-order chi connectivity index (χ1) is 9.47. The van der Waals surface area contributed by atoms with E-state index in [1.165, 1.54) is 11.4 Å². The molecule has 0 aliphatic heterocycles. The number of halogens is 2. The van der Waals surface area contributed by atoms with Gasteiger partial charge >= 0.3 is 5.97 Å². The minimum absolute atomic E-state index is 0.120. The molecule has 0 aliphatic carbocycles. The van der Waals surface area contributed by atoms with Gasteiger partial charge in [-0.05, 0) is 12.1 Å². The SMILES string of the molecule is O=C(O)Cc1csc(NC(=O)c2cccc(F)c2F)n1. The van der Waals surface area contributed by atoms with E-state index in [-0.39, 0.29) is 17.2 Å². The van der Waals surface area contributed by atoms with E-state index in [0.717, 1.165) is 23.5 Å². The molecule has 1 amide bonds. The van der Waals surface area contributed by atoms with Crippen LogP contribution in [-0.2, 0) is 11.2 Å². The van der Waals surface area contributed by atoms with Gasteiger partial charge < -0.3 is 5.11 Å². The summed E-state index contributed by atoms with van der Waals surface area (Å²) in [4.78, 5) is 26.1. The van der Waals surface area contributed by atoms with E-state index in [1.54, 1.807) is 0 Å². The summed E-state index contributed by atoms with van der Waals surface area (Å²) in [5.41, 5.74) is -0.169. The van der Waals surface area contributed by atoms with Crippen LogP contribution in [0.4, 0.5) is 13.9 Å². The normalized spacial score (nSPS) is 10.3. The molecule has 0 radical (unpaired) electrons. The van der Waals surface area contributed by atoms with Gasteiger partial charge in [0.2, 0.25) is 0 Å². The Balaban J connectivity index is 2.13. The fourth-order valence-electron chi connectivity index (χ4n) is 1.44. The number of aliphatic carboxylic acids is 1. The average Bonchev–Trinajstić information content (AvgIpc) is 2.79. The van der Waals surface area contributed by atoms with E-state index in [2.05, 4.69) is 10.3 Å². The molecule has 5 nitrogen and oxygen atoms in total. The quantitative estimate of drug-likeness (QED) is 0.907. The third-order valence-electron chi connectivity index (χ3n) is 2.30. The maximum absolute atomic E-state index is 13.4. The number of hydrogen-bond donors (Lipinski definition) is 2. The van der Waals surface area contributed by atoms with Crippen molar-refractivity contribution in [1.29, 1.82) is 0 Å². The van der Waals surface area contributed by atoms with E-state index in [0.29, 0.717) is 0 Å². The molecule has 104 valence electrons. The maximum atomic E-state index is 13.4. The van der Waals surface area contributed by atoms with Gasteiger partial charge in [-0.25, -0.2) is 13.8 Å². The first kappa shape index (κ1) is 14.1. The zero-order valence-electron chi connectivity index (χ0n) is 9.89. The summed E-state index contributed by atoms with van der Waals surface area (Å²) in [5.74, 6) is -4.27. The van der Waals surface area contributed by atoms with Crippen molar-refractivity contribution in [3.8, 4) is 0 Å². The van der Waals surface area contributed by atoms with Gasteiger partial charge in [-0.2, -0.15) is 0 Å². The van der Waals surface area contributed by atoms with E-state index in [1.807, 2.05) is 0 Å². The summed E-state index contributed by atoms with van der Waals surface area (Å²) in [6.45, 7) is 0. The molecule has 1 aromatic heterocycles. The van der Waals surface area contributed by atoms with Crippen LogP contribution in [0.25, 0.3) is 0 Å². The highest BCUT2D eigenvalue weighted by Crippen LogP contribution is 2.18. The number of carboxylic acids is 1. The van der Waals surface area contributed by atoms with Crippen molar-refractivity contribution in [3.63, 3.8) is 0 Å². The monoisotopic (exact) mass is 298 g/mol. The number of amides is 1. The second kappa shape index (κ2) is 5.74. The summed E-state index contributed by atoms with van der Waals surface area (Å²) in [6, 6.07) is 3.25. The number of thiazole rings is 1. The van der Waals surface area contributed by atoms with Crippen molar-refractivity contribution >= 4 is 28.3 Å². The fraction of sp³-hybridized carbons (Fsp3) is 0.0833. The van der Waals surface area contributed by atoms with Crippen molar-refractivity contribution < 1.29 is 23.5 Å². The number of nitrogens with zero attached hydrogens (tertiary/aromatic N) is 1. The van der Waals surface area contributed by atoms with Gasteiger partial charge in [-0.15, -0.1) is 11.3 Å². The lowest BCUT2D eigenvalue weighted by molar-refractivity contribution is -0.136. The maximum Gasteiger partial charge on any atom is 0.309 e. The van der Waals surface area contributed by atoms with Gasteiger partial charge in [0.15, 0.2) is 16.8 Å². The van der Waals surface area contributed by atoms with Crippen molar-refractivity contribution in [3.05, 3.63) is 46.5 Å². The molecule has 0 aliphatic rings. The number of anilines is 1. The summed E-state index contributed by atoms with van der Waals surface area (Å²) in [7, 11) is 0. The van der Waals surface area contributed by atoms with Crippen molar-refractivity contribution in [1.82, 2.24) is 4.98 Å². The third-order valence-corrected chi connectivity index (χ3v) is 3.11. The van der Waals surface area contributed by atoms with Gasteiger partial charge in [0.1, 0.15) is 0 Å². The molecule has 20 heavy (non-hydrogen) atoms. The van der Waals surface area contributed by atoms with Crippen LogP contribution in [0.5, 0.6) is 0 Å². The Bertz CT molecular complexity index is 672. The Kier molecular flexibility index (Phi) is 4.04. The Hall–Kier alpha value is -2.35. The number of benzene rings is 1. The summed E-state index contributed by atoms with van der Waals surface area (Å²) >= 11 is 1.00. The van der Waals surface area contributed by atoms with Gasteiger partial charge in [-0.3, -0.25) is 14.9 Å². The standard InChI is InChI=1S/C12H8F2N2O3S/c13-8-3-1-2-7(10(8)14)11(19)16-12-15-6(5-20-12)4-9(17)18/h1-3,5H,4H2,(H,17,18)(H,15,16,19). The first-order valence-electron chi connectivity index (χ1n) is 5.39. The Labute approximate surface area is 115 Å². The molecule has 1 heterocycles. The number of hydrogen-bond acceptors (Lipinski definition) is 4. The fourth-order valence-corrected chi connectivity index (χ4v) is 2.15. The highest BCUT2D eigenvalue weighted by Gasteiger charge is 2.16. The van der Waals surface area contributed by atoms with E-state index < -0.39 is 29.1 Å². The Morgan fingerprint density at radius 3 is 2.80 bits per heavy atom. The van der Waals surface area contributed by atoms with Crippen LogP contribution < -0.4 is 5.32 Å². The molecule has 0 atom stereocenters. The molecular formula is C12H8F2N2O3S. The number of rotatable bonds is 4. The lowest BCUT2D eigenvalue weighted by atomic mass is 10.2. The lowest BCUT2D eigenvalue weighted by Gasteiger charge is -2.03. The second-order valence-electron chi connectivity index (χ2n) is 3.77. The van der Waals surface area contributed by atoms with Crippen molar-refractivity contribution in [2.24, 2.45) is 0 Å². The van der Waals surface area contributed by atoms with Crippen LogP contribution in [0.1, 0.15) is 16.1 Å². The number of carbonyl (C=O) groups is 2. The average molecular weight is 298 g/mol. The summed E-state index contributed by atoms with van der Waals surface area (Å²) in [6.07, 6.45) is -0.277. The minimum Gasteiger partial charge on any atom is -0.481 e. The zero-order chi connectivity index (χ0) is 14.7. The molecule has 2 rings (SSSR count). The first-order valence-corrected chi connectivity index (χ1v) is 6.27. The number of carbonyl (C=O) groups excluding carboxylic acids is 1. The topological polar surface area (TPSA) is 79.3 Å². The van der Waals surface area contributed by atoms with Gasteiger partial charge in [0, 0.05) is 5.38 Å². The Morgan fingerprint density at radius 1 is 1.35 bits per heavy atom. The van der Waals surface area contributed by atoms with Gasteiger partial charge in [0.25, 0.3) is 5.91 Å². The van der Waals surface area contributed by atoms with Crippen LogP contribution in [0, 0.1) is 11.6 Å². The van der Waals surface area contributed by atoms with E-state index in [9.17, 15) is 18.4 Å². The molecule has 0 saturated carbocycles. The molecule has 2 N–H and O–H groups in total. The molecule has 0 fully saturated rings.